The van der Waals surface area contributed by atoms with Crippen LogP contribution < -0.4 is 0 Å². The molecule has 1 aromatic rings. The van der Waals surface area contributed by atoms with Crippen LogP contribution in [-0.4, -0.2) is 30.6 Å². The Balaban J connectivity index is 0.000000956. The molecule has 20 heavy (non-hydrogen) atoms. The van der Waals surface area contributed by atoms with Crippen LogP contribution in [0.3, 0.4) is 0 Å². The third-order valence-electron chi connectivity index (χ3n) is 3.41. The highest BCUT2D eigenvalue weighted by Gasteiger charge is 2.15. The van der Waals surface area contributed by atoms with Gasteiger partial charge in [0.15, 0.2) is 0 Å². The molecule has 0 spiro atoms. The summed E-state index contributed by atoms with van der Waals surface area (Å²) in [7, 11) is 1.87. The number of nitrogens with zero attached hydrogens (tertiary/aromatic N) is 2. The minimum atomic E-state index is 0.0669. The first-order valence-electron chi connectivity index (χ1n) is 7.55. The van der Waals surface area contributed by atoms with Crippen molar-refractivity contribution in [3.8, 4) is 0 Å². The van der Waals surface area contributed by atoms with Gasteiger partial charge in [-0.05, 0) is 37.3 Å². The van der Waals surface area contributed by atoms with Gasteiger partial charge in [-0.1, -0.05) is 32.9 Å². The zero-order chi connectivity index (χ0) is 15.0. The second-order valence-electron chi connectivity index (χ2n) is 5.04. The molecule has 1 aromatic carbocycles. The number of fused-ring (bicyclic) bond motifs is 1. The van der Waals surface area contributed by atoms with Gasteiger partial charge >= 0.3 is 0 Å². The molecule has 3 nitrogen and oxygen atoms in total. The molecule has 0 radical (unpaired) electrons. The molecule has 110 valence electrons. The Morgan fingerprint density at radius 2 is 1.95 bits per heavy atom. The van der Waals surface area contributed by atoms with Crippen LogP contribution in [-0.2, 0) is 0 Å². The van der Waals surface area contributed by atoms with Gasteiger partial charge in [-0.3, -0.25) is 9.79 Å². The topological polar surface area (TPSA) is 32.7 Å². The van der Waals surface area contributed by atoms with Crippen LogP contribution in [0, 0.1) is 5.92 Å². The second-order valence-corrected chi connectivity index (χ2v) is 5.04. The van der Waals surface area contributed by atoms with Gasteiger partial charge in [0.1, 0.15) is 0 Å². The number of rotatable bonds is 0. The van der Waals surface area contributed by atoms with Gasteiger partial charge in [-0.2, -0.15) is 0 Å². The lowest BCUT2D eigenvalue weighted by Crippen LogP contribution is -2.27. The number of hydrogen-bond acceptors (Lipinski definition) is 2. The number of hydrogen-bond donors (Lipinski definition) is 0. The van der Waals surface area contributed by atoms with E-state index in [4.69, 9.17) is 0 Å². The van der Waals surface area contributed by atoms with Crippen molar-refractivity contribution >= 4 is 17.8 Å². The average molecular weight is 274 g/mol. The maximum atomic E-state index is 12.3. The Morgan fingerprint density at radius 1 is 1.25 bits per heavy atom. The Hall–Kier alpha value is -1.64. The van der Waals surface area contributed by atoms with E-state index in [1.165, 1.54) is 0 Å². The van der Waals surface area contributed by atoms with Crippen molar-refractivity contribution in [3.05, 3.63) is 29.8 Å². The van der Waals surface area contributed by atoms with E-state index in [1.807, 2.05) is 51.4 Å². The van der Waals surface area contributed by atoms with Gasteiger partial charge in [-0.15, -0.1) is 0 Å². The van der Waals surface area contributed by atoms with Gasteiger partial charge in [0, 0.05) is 19.8 Å². The predicted molar refractivity (Wildman–Crippen MR) is 85.9 cm³/mol. The van der Waals surface area contributed by atoms with Gasteiger partial charge in [-0.25, -0.2) is 0 Å². The lowest BCUT2D eigenvalue weighted by Gasteiger charge is -2.18. The number of aliphatic imine (C=N–C) groups is 1. The molecule has 0 aliphatic carbocycles. The summed E-state index contributed by atoms with van der Waals surface area (Å²) in [6, 6.07) is 7.57. The molecule has 2 rings (SSSR count). The Kier molecular flexibility index (Phi) is 6.99. The Bertz CT molecular complexity index is 454. The fraction of sp³-hybridized carbons (Fsp3) is 0.529. The van der Waals surface area contributed by atoms with Crippen LogP contribution >= 0.6 is 0 Å². The highest BCUT2D eigenvalue weighted by atomic mass is 16.2. The molecule has 1 amide bonds. The molecular weight excluding hydrogens is 248 g/mol. The first-order valence-corrected chi connectivity index (χ1v) is 7.55. The van der Waals surface area contributed by atoms with Crippen LogP contribution in [0.2, 0.25) is 0 Å². The van der Waals surface area contributed by atoms with Crippen molar-refractivity contribution in [3.63, 3.8) is 0 Å². The summed E-state index contributed by atoms with van der Waals surface area (Å²) in [5.41, 5.74) is 1.48. The number of carbonyl (C=O) groups excluding carboxylic acids is 1. The van der Waals surface area contributed by atoms with E-state index >= 15 is 0 Å². The van der Waals surface area contributed by atoms with Crippen LogP contribution in [0.15, 0.2) is 29.3 Å². The summed E-state index contributed by atoms with van der Waals surface area (Å²) in [6.45, 7) is 7.05. The molecule has 1 aliphatic rings. The van der Waals surface area contributed by atoms with E-state index < -0.39 is 0 Å². The van der Waals surface area contributed by atoms with Gasteiger partial charge in [0.2, 0.25) is 0 Å². The summed E-state index contributed by atoms with van der Waals surface area (Å²) >= 11 is 0. The molecule has 0 bridgehead atoms. The molecular formula is C17H26N2O. The zero-order valence-electron chi connectivity index (χ0n) is 13.1. The first-order chi connectivity index (χ1) is 9.68. The summed E-state index contributed by atoms with van der Waals surface area (Å²) < 4.78 is 0. The van der Waals surface area contributed by atoms with E-state index in [0.29, 0.717) is 11.5 Å². The molecule has 1 aliphatic heterocycles. The molecule has 3 heteroatoms. The minimum absolute atomic E-state index is 0.0669. The van der Waals surface area contributed by atoms with Crippen molar-refractivity contribution in [1.82, 2.24) is 4.90 Å². The van der Waals surface area contributed by atoms with Crippen LogP contribution in [0.5, 0.6) is 0 Å². The van der Waals surface area contributed by atoms with Crippen LogP contribution in [0.1, 0.15) is 50.4 Å². The maximum Gasteiger partial charge on any atom is 0.255 e. The SMILES string of the molecule is CC.CC1CC=Nc2ccccc2C(=O)N(C)CCC1. The third kappa shape index (κ3) is 4.48. The van der Waals surface area contributed by atoms with E-state index in [1.54, 1.807) is 4.90 Å². The number of amides is 1. The fourth-order valence-corrected chi connectivity index (χ4v) is 2.20. The third-order valence-corrected chi connectivity index (χ3v) is 3.41. The molecule has 1 unspecified atom stereocenters. The quantitative estimate of drug-likeness (QED) is 0.694. The fourth-order valence-electron chi connectivity index (χ4n) is 2.20. The average Bonchev–Trinajstić information content (AvgIpc) is 2.50. The summed E-state index contributed by atoms with van der Waals surface area (Å²) in [6.07, 6.45) is 5.12. The lowest BCUT2D eigenvalue weighted by atomic mass is 10.0. The lowest BCUT2D eigenvalue weighted by molar-refractivity contribution is 0.0792. The molecule has 0 saturated carbocycles. The largest absolute Gasteiger partial charge is 0.342 e. The monoisotopic (exact) mass is 274 g/mol. The molecule has 0 N–H and O–H groups in total. The van der Waals surface area contributed by atoms with Gasteiger partial charge in [0.05, 0.1) is 11.3 Å². The van der Waals surface area contributed by atoms with Gasteiger partial charge in [0.25, 0.3) is 5.91 Å². The highest BCUT2D eigenvalue weighted by Crippen LogP contribution is 2.21. The van der Waals surface area contributed by atoms with Crippen LogP contribution in [0.25, 0.3) is 0 Å². The summed E-state index contributed by atoms with van der Waals surface area (Å²) in [4.78, 5) is 18.6. The highest BCUT2D eigenvalue weighted by molar-refractivity contribution is 5.99. The molecule has 1 heterocycles. The first kappa shape index (κ1) is 16.4. The zero-order valence-corrected chi connectivity index (χ0v) is 13.1. The number of carbonyl (C=O) groups is 1. The second kappa shape index (κ2) is 8.51. The van der Waals surface area contributed by atoms with Crippen LogP contribution in [0.4, 0.5) is 5.69 Å². The number of para-hydroxylation sites is 1. The van der Waals surface area contributed by atoms with E-state index in [0.717, 1.165) is 31.5 Å². The van der Waals surface area contributed by atoms with Gasteiger partial charge < -0.3 is 4.90 Å². The van der Waals surface area contributed by atoms with E-state index in [2.05, 4.69) is 11.9 Å². The smallest absolute Gasteiger partial charge is 0.255 e. The van der Waals surface area contributed by atoms with Crippen molar-refractivity contribution in [2.45, 2.75) is 40.0 Å². The Morgan fingerprint density at radius 3 is 2.70 bits per heavy atom. The normalized spacial score (nSPS) is 19.5. The summed E-state index contributed by atoms with van der Waals surface area (Å²) in [5, 5.41) is 0. The standard InChI is InChI=1S/C15H20N2O.C2H6/c1-12-6-5-11-17(2)15(18)13-7-3-4-8-14(13)16-10-9-12;1-2/h3-4,7-8,10,12H,5-6,9,11H2,1-2H3;1-2H3. The van der Waals surface area contributed by atoms with Crippen molar-refractivity contribution in [2.75, 3.05) is 13.6 Å². The van der Waals surface area contributed by atoms with Crippen molar-refractivity contribution < 1.29 is 4.79 Å². The van der Waals surface area contributed by atoms with Crippen molar-refractivity contribution in [2.24, 2.45) is 10.9 Å². The molecule has 1 atom stereocenters. The molecule has 0 fully saturated rings. The van der Waals surface area contributed by atoms with E-state index in [9.17, 15) is 4.79 Å². The van der Waals surface area contributed by atoms with E-state index in [-0.39, 0.29) is 5.91 Å². The molecule has 0 aromatic heterocycles. The molecule has 0 saturated heterocycles. The summed E-state index contributed by atoms with van der Waals surface area (Å²) in [5.74, 6) is 0.694. The maximum absolute atomic E-state index is 12.3. The predicted octanol–water partition coefficient (Wildman–Crippen LogP) is 4.31. The van der Waals surface area contributed by atoms with Crippen molar-refractivity contribution in [1.29, 1.82) is 0 Å². The Labute approximate surface area is 122 Å². The minimum Gasteiger partial charge on any atom is -0.342 e. The number of benzene rings is 1.